The van der Waals surface area contributed by atoms with Crippen molar-refractivity contribution in [1.29, 1.82) is 0 Å². The molecule has 2 saturated heterocycles. The fourth-order valence-electron chi connectivity index (χ4n) is 5.48. The first-order valence-corrected chi connectivity index (χ1v) is 14.1. The zero-order valence-corrected chi connectivity index (χ0v) is 24.0. The first-order chi connectivity index (χ1) is 18.8. The standard InChI is InChI=1S/C29H36Cl2N4O4/c1-21-13-23(16-34-9-7-33(8-10-34)11-12-36)14-22(2)28(21)37-17-25-18-38-29(39-25,19-35-6-5-32-20-35)26-4-3-24(30)15-27(26)31/h3-6,13-15,20,25,36H,7-12,16-19H2,1-2H3. The molecule has 0 spiro atoms. The summed E-state index contributed by atoms with van der Waals surface area (Å²) in [6, 6.07) is 9.77. The SMILES string of the molecule is Cc1cc(CN2CCN(CCO)CC2)cc(C)c1OCC1COC(Cn2ccnc2)(c2ccc(Cl)cc2Cl)O1. The second-order valence-corrected chi connectivity index (χ2v) is 11.2. The number of piperazine rings is 1. The Balaban J connectivity index is 1.23. The normalized spacial score (nSPS) is 22.4. The Morgan fingerprint density at radius 3 is 2.49 bits per heavy atom. The van der Waals surface area contributed by atoms with Crippen LogP contribution in [-0.2, 0) is 28.4 Å². The van der Waals surface area contributed by atoms with Gasteiger partial charge in [0, 0.05) is 62.2 Å². The van der Waals surface area contributed by atoms with E-state index in [1.807, 2.05) is 16.8 Å². The maximum absolute atomic E-state index is 9.17. The highest BCUT2D eigenvalue weighted by molar-refractivity contribution is 6.35. The van der Waals surface area contributed by atoms with Crippen molar-refractivity contribution < 1.29 is 19.3 Å². The number of aliphatic hydroxyl groups is 1. The minimum atomic E-state index is -1.08. The maximum atomic E-state index is 9.17. The van der Waals surface area contributed by atoms with E-state index in [4.69, 9.17) is 37.4 Å². The summed E-state index contributed by atoms with van der Waals surface area (Å²) in [6.07, 6.45) is 5.03. The average Bonchev–Trinajstić information content (AvgIpc) is 3.55. The number of β-amino-alcohol motifs (C(OH)–C–C–N with tert-alkyl or cyclic N) is 1. The molecule has 0 bridgehead atoms. The predicted molar refractivity (Wildman–Crippen MR) is 151 cm³/mol. The number of imidazole rings is 1. The van der Waals surface area contributed by atoms with Gasteiger partial charge in [-0.2, -0.15) is 0 Å². The molecular formula is C29H36Cl2N4O4. The van der Waals surface area contributed by atoms with Crippen LogP contribution in [0.2, 0.25) is 10.0 Å². The average molecular weight is 576 g/mol. The Morgan fingerprint density at radius 2 is 1.82 bits per heavy atom. The van der Waals surface area contributed by atoms with Crippen LogP contribution in [0.1, 0.15) is 22.3 Å². The van der Waals surface area contributed by atoms with Crippen molar-refractivity contribution in [2.45, 2.75) is 38.8 Å². The highest BCUT2D eigenvalue weighted by Crippen LogP contribution is 2.41. The lowest BCUT2D eigenvalue weighted by Gasteiger charge is -2.34. The third-order valence-corrected chi connectivity index (χ3v) is 7.92. The Kier molecular flexibility index (Phi) is 9.13. The number of hydrogen-bond donors (Lipinski definition) is 1. The Labute approximate surface area is 240 Å². The van der Waals surface area contributed by atoms with Crippen molar-refractivity contribution in [1.82, 2.24) is 19.4 Å². The lowest BCUT2D eigenvalue weighted by atomic mass is 10.0. The molecule has 2 atom stereocenters. The molecular weight excluding hydrogens is 539 g/mol. The first-order valence-electron chi connectivity index (χ1n) is 13.4. The number of aliphatic hydroxyl groups excluding tert-OH is 1. The van der Waals surface area contributed by atoms with Gasteiger partial charge in [0.05, 0.1) is 31.1 Å². The predicted octanol–water partition coefficient (Wildman–Crippen LogP) is 4.26. The van der Waals surface area contributed by atoms with E-state index in [2.05, 4.69) is 40.8 Å². The number of rotatable bonds is 10. The van der Waals surface area contributed by atoms with Crippen LogP contribution >= 0.6 is 23.2 Å². The van der Waals surface area contributed by atoms with Crippen molar-refractivity contribution in [2.24, 2.45) is 0 Å². The number of benzene rings is 2. The van der Waals surface area contributed by atoms with Crippen molar-refractivity contribution in [3.8, 4) is 5.75 Å². The summed E-state index contributed by atoms with van der Waals surface area (Å²) < 4.78 is 21.1. The van der Waals surface area contributed by atoms with Crippen LogP contribution in [-0.4, -0.2) is 83.1 Å². The molecule has 8 nitrogen and oxygen atoms in total. The van der Waals surface area contributed by atoms with Crippen molar-refractivity contribution in [3.63, 3.8) is 0 Å². The summed E-state index contributed by atoms with van der Waals surface area (Å²) in [7, 11) is 0. The molecule has 3 aromatic rings. The molecule has 0 radical (unpaired) electrons. The summed E-state index contributed by atoms with van der Waals surface area (Å²) >= 11 is 12.7. The second kappa shape index (κ2) is 12.6. The highest BCUT2D eigenvalue weighted by Gasteiger charge is 2.45. The topological polar surface area (TPSA) is 72.2 Å². The van der Waals surface area contributed by atoms with E-state index in [-0.39, 0.29) is 12.7 Å². The largest absolute Gasteiger partial charge is 0.490 e. The molecule has 0 aliphatic carbocycles. The quantitative estimate of drug-likeness (QED) is 0.388. The molecule has 1 aromatic heterocycles. The van der Waals surface area contributed by atoms with Gasteiger partial charge in [0.25, 0.3) is 0 Å². The van der Waals surface area contributed by atoms with Crippen molar-refractivity contribution in [3.05, 3.63) is 81.4 Å². The molecule has 2 aromatic carbocycles. The van der Waals surface area contributed by atoms with E-state index in [0.717, 1.165) is 61.7 Å². The summed E-state index contributed by atoms with van der Waals surface area (Å²) in [6.45, 7) is 11.2. The Morgan fingerprint density at radius 1 is 1.08 bits per heavy atom. The molecule has 2 unspecified atom stereocenters. The van der Waals surface area contributed by atoms with Crippen molar-refractivity contribution in [2.75, 3.05) is 52.5 Å². The lowest BCUT2D eigenvalue weighted by Crippen LogP contribution is -2.46. The first kappa shape index (κ1) is 28.4. The van der Waals surface area contributed by atoms with Crippen LogP contribution in [0.25, 0.3) is 0 Å². The minimum Gasteiger partial charge on any atom is -0.490 e. The number of ether oxygens (including phenoxy) is 3. The van der Waals surface area contributed by atoms with Gasteiger partial charge in [-0.05, 0) is 42.7 Å². The second-order valence-electron chi connectivity index (χ2n) is 10.4. The molecule has 5 rings (SSSR count). The molecule has 3 heterocycles. The smallest absolute Gasteiger partial charge is 0.215 e. The molecule has 2 aliphatic rings. The van der Waals surface area contributed by atoms with Crippen molar-refractivity contribution >= 4 is 23.2 Å². The zero-order valence-electron chi connectivity index (χ0n) is 22.5. The summed E-state index contributed by atoms with van der Waals surface area (Å²) in [5, 5.41) is 10.2. The molecule has 39 heavy (non-hydrogen) atoms. The van der Waals surface area contributed by atoms with Crippen LogP contribution in [0.3, 0.4) is 0 Å². The third-order valence-electron chi connectivity index (χ3n) is 7.37. The monoisotopic (exact) mass is 574 g/mol. The summed E-state index contributed by atoms with van der Waals surface area (Å²) in [4.78, 5) is 8.93. The summed E-state index contributed by atoms with van der Waals surface area (Å²) in [5.41, 5.74) is 4.21. The fraction of sp³-hybridized carbons (Fsp3) is 0.483. The molecule has 10 heteroatoms. The van der Waals surface area contributed by atoms with Crippen LogP contribution in [0.15, 0.2) is 49.1 Å². The molecule has 0 amide bonds. The van der Waals surface area contributed by atoms with Crippen LogP contribution in [0, 0.1) is 13.8 Å². The van der Waals surface area contributed by atoms with E-state index in [9.17, 15) is 5.11 Å². The van der Waals surface area contributed by atoms with E-state index >= 15 is 0 Å². The molecule has 2 aliphatic heterocycles. The van der Waals surface area contributed by atoms with Gasteiger partial charge < -0.3 is 23.9 Å². The fourth-order valence-corrected chi connectivity index (χ4v) is 6.03. The van der Waals surface area contributed by atoms with E-state index < -0.39 is 5.79 Å². The number of halogens is 2. The van der Waals surface area contributed by atoms with Gasteiger partial charge in [-0.15, -0.1) is 0 Å². The lowest BCUT2D eigenvalue weighted by molar-refractivity contribution is -0.189. The number of aromatic nitrogens is 2. The van der Waals surface area contributed by atoms with Gasteiger partial charge >= 0.3 is 0 Å². The zero-order chi connectivity index (χ0) is 27.4. The highest BCUT2D eigenvalue weighted by atomic mass is 35.5. The van der Waals surface area contributed by atoms with Crippen LogP contribution in [0.5, 0.6) is 5.75 Å². The molecule has 210 valence electrons. The van der Waals surface area contributed by atoms with Gasteiger partial charge in [-0.3, -0.25) is 9.80 Å². The van der Waals surface area contributed by atoms with E-state index in [1.165, 1.54) is 5.56 Å². The third kappa shape index (κ3) is 6.77. The molecule has 0 saturated carbocycles. The van der Waals surface area contributed by atoms with Gasteiger partial charge in [0.2, 0.25) is 5.79 Å². The molecule has 2 fully saturated rings. The van der Waals surface area contributed by atoms with E-state index in [1.54, 1.807) is 24.7 Å². The van der Waals surface area contributed by atoms with Crippen LogP contribution in [0.4, 0.5) is 0 Å². The summed E-state index contributed by atoms with van der Waals surface area (Å²) in [5.74, 6) is -0.197. The van der Waals surface area contributed by atoms with Gasteiger partial charge in [-0.25, -0.2) is 4.98 Å². The Bertz CT molecular complexity index is 1230. The minimum absolute atomic E-state index is 0.221. The molecule has 1 N–H and O–H groups in total. The van der Waals surface area contributed by atoms with Gasteiger partial charge in [0.1, 0.15) is 18.5 Å². The number of nitrogens with zero attached hydrogens (tertiary/aromatic N) is 4. The van der Waals surface area contributed by atoms with Gasteiger partial charge in [-0.1, -0.05) is 41.4 Å². The van der Waals surface area contributed by atoms with Crippen LogP contribution < -0.4 is 4.74 Å². The van der Waals surface area contributed by atoms with Gasteiger partial charge in [0.15, 0.2) is 0 Å². The number of hydrogen-bond acceptors (Lipinski definition) is 7. The number of aryl methyl sites for hydroxylation is 2. The Hall–Kier alpha value is -2.17. The maximum Gasteiger partial charge on any atom is 0.215 e. The van der Waals surface area contributed by atoms with E-state index in [0.29, 0.717) is 29.8 Å².